The van der Waals surface area contributed by atoms with Gasteiger partial charge in [0.2, 0.25) is 10.0 Å². The summed E-state index contributed by atoms with van der Waals surface area (Å²) < 4.78 is 32.0. The molecule has 0 radical (unpaired) electrons. The first-order chi connectivity index (χ1) is 14.4. The normalized spacial score (nSPS) is 21.1. The highest BCUT2D eigenvalue weighted by atomic mass is 35.5. The number of hydrogen-bond donors (Lipinski definition) is 1. The van der Waals surface area contributed by atoms with Crippen molar-refractivity contribution in [1.29, 1.82) is 0 Å². The Morgan fingerprint density at radius 3 is 2.80 bits per heavy atom. The number of hydrogen-bond acceptors (Lipinski definition) is 7. The summed E-state index contributed by atoms with van der Waals surface area (Å²) in [7, 11) is -1.20. The first-order valence-electron chi connectivity index (χ1n) is 10.2. The number of aromatic nitrogens is 1. The van der Waals surface area contributed by atoms with Crippen molar-refractivity contribution >= 4 is 27.3 Å². The van der Waals surface area contributed by atoms with Gasteiger partial charge in [0.15, 0.2) is 0 Å². The molecule has 164 valence electrons. The number of pyridine rings is 1. The fourth-order valence-electron chi connectivity index (χ4n) is 3.90. The second-order valence-electron chi connectivity index (χ2n) is 7.80. The van der Waals surface area contributed by atoms with Crippen LogP contribution in [0.2, 0.25) is 5.15 Å². The largest absolute Gasteiger partial charge is 0.382 e. The van der Waals surface area contributed by atoms with E-state index in [-0.39, 0.29) is 5.75 Å². The lowest BCUT2D eigenvalue weighted by molar-refractivity contribution is 0.0730. The molecular formula is C20H28ClN5O3S. The Balaban J connectivity index is 1.49. The van der Waals surface area contributed by atoms with Crippen LogP contribution in [0.1, 0.15) is 17.5 Å². The molecule has 3 aliphatic heterocycles. The van der Waals surface area contributed by atoms with Crippen molar-refractivity contribution < 1.29 is 13.2 Å². The minimum atomic E-state index is -3.32. The van der Waals surface area contributed by atoms with E-state index in [4.69, 9.17) is 16.3 Å². The first-order valence-corrected chi connectivity index (χ1v) is 12.2. The Morgan fingerprint density at radius 1 is 1.27 bits per heavy atom. The molecule has 1 saturated heterocycles. The van der Waals surface area contributed by atoms with E-state index < -0.39 is 10.0 Å². The first kappa shape index (κ1) is 21.6. The van der Waals surface area contributed by atoms with E-state index in [0.717, 1.165) is 42.9 Å². The zero-order valence-corrected chi connectivity index (χ0v) is 18.8. The van der Waals surface area contributed by atoms with Crippen LogP contribution in [0.5, 0.6) is 0 Å². The zero-order valence-electron chi connectivity index (χ0n) is 17.2. The number of likely N-dealkylation sites (N-methyl/N-ethyl adjacent to an activating group) is 1. The molecule has 0 spiro atoms. The second kappa shape index (κ2) is 9.23. The van der Waals surface area contributed by atoms with Crippen molar-refractivity contribution in [2.75, 3.05) is 58.7 Å². The fraction of sp³-hybridized carbons (Fsp3) is 0.550. The van der Waals surface area contributed by atoms with Crippen molar-refractivity contribution in [1.82, 2.24) is 24.4 Å². The van der Waals surface area contributed by atoms with Crippen LogP contribution >= 0.6 is 11.6 Å². The predicted molar refractivity (Wildman–Crippen MR) is 117 cm³/mol. The number of rotatable bonds is 6. The van der Waals surface area contributed by atoms with Crippen molar-refractivity contribution in [2.24, 2.45) is 0 Å². The summed E-state index contributed by atoms with van der Waals surface area (Å²) in [5.74, 6) is 0.0337. The smallest absolute Gasteiger partial charge is 0.215 e. The highest BCUT2D eigenvalue weighted by molar-refractivity contribution is 7.89. The van der Waals surface area contributed by atoms with E-state index in [0.29, 0.717) is 38.0 Å². The molecule has 1 fully saturated rings. The van der Waals surface area contributed by atoms with Gasteiger partial charge in [-0.15, -0.1) is 0 Å². The number of halogens is 1. The molecule has 1 aromatic rings. The summed E-state index contributed by atoms with van der Waals surface area (Å²) in [6.07, 6.45) is 7.09. The molecule has 0 bridgehead atoms. The Hall–Kier alpha value is -1.65. The van der Waals surface area contributed by atoms with E-state index in [2.05, 4.69) is 39.4 Å². The van der Waals surface area contributed by atoms with Crippen LogP contribution in [-0.4, -0.2) is 86.2 Å². The van der Waals surface area contributed by atoms with Crippen LogP contribution in [-0.2, 0) is 21.3 Å². The maximum absolute atomic E-state index is 12.6. The molecule has 4 heterocycles. The lowest BCUT2D eigenvalue weighted by Gasteiger charge is -2.34. The maximum Gasteiger partial charge on any atom is 0.215 e. The van der Waals surface area contributed by atoms with Gasteiger partial charge in [-0.25, -0.2) is 13.4 Å². The monoisotopic (exact) mass is 453 g/mol. The molecule has 1 aromatic heterocycles. The molecule has 30 heavy (non-hydrogen) atoms. The van der Waals surface area contributed by atoms with Gasteiger partial charge in [0, 0.05) is 69.3 Å². The number of morpholine rings is 1. The van der Waals surface area contributed by atoms with Crippen LogP contribution < -0.4 is 5.32 Å². The molecular weight excluding hydrogens is 426 g/mol. The highest BCUT2D eigenvalue weighted by Gasteiger charge is 2.25. The fourth-order valence-corrected chi connectivity index (χ4v) is 5.39. The van der Waals surface area contributed by atoms with E-state index in [1.54, 1.807) is 6.20 Å². The van der Waals surface area contributed by atoms with Crippen molar-refractivity contribution in [2.45, 2.75) is 13.0 Å². The van der Waals surface area contributed by atoms with Gasteiger partial charge in [-0.05, 0) is 18.7 Å². The third kappa shape index (κ3) is 4.97. The molecule has 1 N–H and O–H groups in total. The molecule has 0 unspecified atom stereocenters. The topological polar surface area (TPSA) is 78.0 Å². The third-order valence-electron chi connectivity index (χ3n) is 5.66. The Kier molecular flexibility index (Phi) is 6.64. The van der Waals surface area contributed by atoms with E-state index >= 15 is 0 Å². The lowest BCUT2D eigenvalue weighted by Crippen LogP contribution is -2.43. The van der Waals surface area contributed by atoms with Gasteiger partial charge in [-0.2, -0.15) is 4.31 Å². The predicted octanol–water partition coefficient (Wildman–Crippen LogP) is 1.32. The molecule has 8 nitrogen and oxygen atoms in total. The molecule has 0 aliphatic carbocycles. The Bertz CT molecular complexity index is 944. The van der Waals surface area contributed by atoms with Crippen molar-refractivity contribution in [3.05, 3.63) is 46.5 Å². The van der Waals surface area contributed by atoms with Crippen LogP contribution in [0.25, 0.3) is 5.70 Å². The zero-order chi connectivity index (χ0) is 21.1. The summed E-state index contributed by atoms with van der Waals surface area (Å²) in [6, 6.07) is 1.84. The summed E-state index contributed by atoms with van der Waals surface area (Å²) in [4.78, 5) is 8.75. The number of fused-ring (bicyclic) bond motifs is 1. The van der Waals surface area contributed by atoms with E-state index in [1.807, 2.05) is 6.07 Å². The van der Waals surface area contributed by atoms with Crippen molar-refractivity contribution in [3.8, 4) is 0 Å². The van der Waals surface area contributed by atoms with Gasteiger partial charge < -0.3 is 19.9 Å². The Morgan fingerprint density at radius 2 is 2.07 bits per heavy atom. The average Bonchev–Trinajstić information content (AvgIpc) is 2.75. The second-order valence-corrected chi connectivity index (χ2v) is 10.3. The molecule has 4 rings (SSSR count). The summed E-state index contributed by atoms with van der Waals surface area (Å²) in [6.45, 7) is 4.74. The SMILES string of the molecule is CN1CC=C(N2C=C(NCCS(=O)(=O)N3CCOCC3)c3cc(Cl)ncc3C2)CC1. The van der Waals surface area contributed by atoms with Gasteiger partial charge >= 0.3 is 0 Å². The van der Waals surface area contributed by atoms with Gasteiger partial charge in [0.25, 0.3) is 0 Å². The van der Waals surface area contributed by atoms with Crippen molar-refractivity contribution in [3.63, 3.8) is 0 Å². The molecule has 10 heteroatoms. The van der Waals surface area contributed by atoms with Crippen LogP contribution in [0.3, 0.4) is 0 Å². The highest BCUT2D eigenvalue weighted by Crippen LogP contribution is 2.30. The maximum atomic E-state index is 12.6. The summed E-state index contributed by atoms with van der Waals surface area (Å²) >= 11 is 6.14. The van der Waals surface area contributed by atoms with Crippen LogP contribution in [0.4, 0.5) is 0 Å². The quantitative estimate of drug-likeness (QED) is 0.651. The number of nitrogens with zero attached hydrogens (tertiary/aromatic N) is 4. The van der Waals surface area contributed by atoms with Gasteiger partial charge in [0.05, 0.1) is 24.7 Å². The number of nitrogens with one attached hydrogen (secondary N) is 1. The van der Waals surface area contributed by atoms with Gasteiger partial charge in [0.1, 0.15) is 5.15 Å². The molecule has 3 aliphatic rings. The average molecular weight is 454 g/mol. The number of sulfonamides is 1. The molecule has 0 amide bonds. The van der Waals surface area contributed by atoms with E-state index in [9.17, 15) is 8.42 Å². The third-order valence-corrected chi connectivity index (χ3v) is 7.74. The molecule has 0 aromatic carbocycles. The minimum Gasteiger partial charge on any atom is -0.382 e. The summed E-state index contributed by atoms with van der Waals surface area (Å²) in [5.41, 5.74) is 4.19. The van der Waals surface area contributed by atoms with Gasteiger partial charge in [-0.3, -0.25) is 0 Å². The minimum absolute atomic E-state index is 0.0337. The van der Waals surface area contributed by atoms with Gasteiger partial charge in [-0.1, -0.05) is 17.7 Å². The molecule has 0 atom stereocenters. The van der Waals surface area contributed by atoms with Crippen LogP contribution in [0, 0.1) is 0 Å². The van der Waals surface area contributed by atoms with E-state index in [1.165, 1.54) is 10.0 Å². The van der Waals surface area contributed by atoms with Crippen LogP contribution in [0.15, 0.2) is 30.2 Å². The lowest BCUT2D eigenvalue weighted by atomic mass is 10.0. The number of ether oxygens (including phenoxy) is 1. The summed E-state index contributed by atoms with van der Waals surface area (Å²) in [5, 5.41) is 3.76. The standard InChI is InChI=1S/C20H28ClN5O3S/c1-24-5-2-17(3-6-24)25-14-16-13-23-20(21)12-18(16)19(15-25)22-4-11-30(27,28)26-7-9-29-10-8-26/h2,12-13,15,22H,3-11,14H2,1H3. The molecule has 0 saturated carbocycles. The Labute approximate surface area is 183 Å².